The van der Waals surface area contributed by atoms with Crippen LogP contribution in [0.1, 0.15) is 16.2 Å². The summed E-state index contributed by atoms with van der Waals surface area (Å²) < 4.78 is 34.5. The van der Waals surface area contributed by atoms with Gasteiger partial charge in [-0.2, -0.15) is 0 Å². The van der Waals surface area contributed by atoms with Gasteiger partial charge >= 0.3 is 5.97 Å². The van der Waals surface area contributed by atoms with Crippen molar-refractivity contribution < 1.29 is 27.2 Å². The Morgan fingerprint density at radius 2 is 1.83 bits per heavy atom. The number of anilines is 1. The predicted molar refractivity (Wildman–Crippen MR) is 108 cm³/mol. The van der Waals surface area contributed by atoms with Crippen molar-refractivity contribution >= 4 is 44.6 Å². The molecule has 3 aromatic rings. The molecule has 0 spiro atoms. The van der Waals surface area contributed by atoms with Crippen LogP contribution in [0.25, 0.3) is 17.2 Å². The second-order valence-electron chi connectivity index (χ2n) is 6.16. The molecule has 0 amide bonds. The van der Waals surface area contributed by atoms with Crippen LogP contribution in [0.4, 0.5) is 5.69 Å². The topological polar surface area (TPSA) is 107 Å². The van der Waals surface area contributed by atoms with Crippen molar-refractivity contribution in [1.82, 2.24) is 4.98 Å². The lowest BCUT2D eigenvalue weighted by Crippen LogP contribution is -2.24. The smallest absolute Gasteiger partial charge is 0.331 e. The standard InChI is InChI=1S/C20H18N2O6S/c1-22(29(2,25)26)15-9-7-14(8-10-15)17(23)13-27-20(24)12-11-19-21-16-5-3-4-6-18(16)28-19/h3-12H,13H2,1-2H3/b12-11+. The Labute approximate surface area is 167 Å². The number of carbonyl (C=O) groups excluding carboxylic acids is 2. The molecule has 0 bridgehead atoms. The quantitative estimate of drug-likeness (QED) is 0.332. The largest absolute Gasteiger partial charge is 0.454 e. The van der Waals surface area contributed by atoms with Gasteiger partial charge in [0, 0.05) is 24.8 Å². The number of para-hydroxylation sites is 2. The summed E-state index contributed by atoms with van der Waals surface area (Å²) in [6.07, 6.45) is 3.57. The number of benzene rings is 2. The fraction of sp³-hybridized carbons (Fsp3) is 0.150. The molecule has 1 aromatic heterocycles. The molecular formula is C20H18N2O6S. The van der Waals surface area contributed by atoms with E-state index < -0.39 is 28.4 Å². The molecule has 29 heavy (non-hydrogen) atoms. The number of aromatic nitrogens is 1. The van der Waals surface area contributed by atoms with Gasteiger partial charge in [-0.3, -0.25) is 9.10 Å². The molecule has 0 radical (unpaired) electrons. The van der Waals surface area contributed by atoms with Gasteiger partial charge in [0.05, 0.1) is 11.9 Å². The first-order valence-electron chi connectivity index (χ1n) is 8.51. The summed E-state index contributed by atoms with van der Waals surface area (Å²) in [7, 11) is -1.98. The Kier molecular flexibility index (Phi) is 5.79. The molecule has 0 aliphatic rings. The average molecular weight is 414 g/mol. The fourth-order valence-corrected chi connectivity index (χ4v) is 2.92. The highest BCUT2D eigenvalue weighted by Gasteiger charge is 2.13. The lowest BCUT2D eigenvalue weighted by atomic mass is 10.1. The summed E-state index contributed by atoms with van der Waals surface area (Å²) in [5, 5.41) is 0. The first-order valence-corrected chi connectivity index (χ1v) is 10.4. The number of ether oxygens (including phenoxy) is 1. The number of rotatable bonds is 7. The minimum absolute atomic E-state index is 0.250. The lowest BCUT2D eigenvalue weighted by Gasteiger charge is -2.16. The number of Topliss-reactive ketones (excluding diaryl/α,β-unsaturated/α-hetero) is 1. The molecule has 1 heterocycles. The molecule has 0 N–H and O–H groups in total. The van der Waals surface area contributed by atoms with E-state index in [0.29, 0.717) is 22.4 Å². The van der Waals surface area contributed by atoms with Gasteiger partial charge in [0.1, 0.15) is 5.52 Å². The third-order valence-corrected chi connectivity index (χ3v) is 5.27. The van der Waals surface area contributed by atoms with E-state index in [0.717, 1.165) is 16.6 Å². The summed E-state index contributed by atoms with van der Waals surface area (Å²) in [5.41, 5.74) is 1.98. The van der Waals surface area contributed by atoms with Crippen LogP contribution >= 0.6 is 0 Å². The molecule has 0 saturated heterocycles. The van der Waals surface area contributed by atoms with E-state index in [4.69, 9.17) is 9.15 Å². The number of nitrogens with zero attached hydrogens (tertiary/aromatic N) is 2. The highest BCUT2D eigenvalue weighted by atomic mass is 32.2. The molecule has 0 fully saturated rings. The molecule has 0 saturated carbocycles. The van der Waals surface area contributed by atoms with E-state index in [2.05, 4.69) is 4.98 Å². The van der Waals surface area contributed by atoms with Crippen molar-refractivity contribution in [2.24, 2.45) is 0 Å². The molecule has 0 unspecified atom stereocenters. The first kappa shape index (κ1) is 20.3. The van der Waals surface area contributed by atoms with Crippen molar-refractivity contribution in [2.45, 2.75) is 0 Å². The molecule has 3 rings (SSSR count). The summed E-state index contributed by atoms with van der Waals surface area (Å²) in [4.78, 5) is 28.2. The Bertz CT molecular complexity index is 1150. The van der Waals surface area contributed by atoms with Crippen LogP contribution in [-0.4, -0.2) is 45.1 Å². The number of oxazole rings is 1. The number of sulfonamides is 1. The van der Waals surface area contributed by atoms with Gasteiger partial charge in [-0.1, -0.05) is 12.1 Å². The van der Waals surface area contributed by atoms with E-state index in [1.807, 2.05) is 12.1 Å². The number of ketones is 1. The number of esters is 1. The van der Waals surface area contributed by atoms with E-state index in [1.165, 1.54) is 37.4 Å². The van der Waals surface area contributed by atoms with Crippen LogP contribution in [0.2, 0.25) is 0 Å². The number of hydrogen-bond acceptors (Lipinski definition) is 7. The predicted octanol–water partition coefficient (Wildman–Crippen LogP) is 2.66. The summed E-state index contributed by atoms with van der Waals surface area (Å²) in [6, 6.07) is 13.1. The zero-order chi connectivity index (χ0) is 21.0. The van der Waals surface area contributed by atoms with Crippen molar-refractivity contribution in [3.8, 4) is 0 Å². The Hall–Kier alpha value is -3.46. The maximum absolute atomic E-state index is 12.2. The van der Waals surface area contributed by atoms with Crippen LogP contribution in [0.15, 0.2) is 59.0 Å². The van der Waals surface area contributed by atoms with Crippen molar-refractivity contribution in [1.29, 1.82) is 0 Å². The number of fused-ring (bicyclic) bond motifs is 1. The SMILES string of the molecule is CN(c1ccc(C(=O)COC(=O)/C=C/c2nc3ccccc3o2)cc1)S(C)(=O)=O. The van der Waals surface area contributed by atoms with Crippen LogP contribution in [0.5, 0.6) is 0 Å². The van der Waals surface area contributed by atoms with Crippen LogP contribution in [0.3, 0.4) is 0 Å². The Balaban J connectivity index is 1.56. The molecule has 0 aliphatic carbocycles. The summed E-state index contributed by atoms with van der Waals surface area (Å²) in [5.74, 6) is -0.878. The van der Waals surface area contributed by atoms with E-state index in [9.17, 15) is 18.0 Å². The van der Waals surface area contributed by atoms with E-state index in [-0.39, 0.29) is 5.89 Å². The zero-order valence-corrected chi connectivity index (χ0v) is 16.5. The van der Waals surface area contributed by atoms with Crippen LogP contribution in [-0.2, 0) is 19.6 Å². The van der Waals surface area contributed by atoms with Gasteiger partial charge < -0.3 is 9.15 Å². The maximum Gasteiger partial charge on any atom is 0.331 e. The second-order valence-corrected chi connectivity index (χ2v) is 8.18. The molecule has 0 atom stereocenters. The normalized spacial score (nSPS) is 11.7. The number of carbonyl (C=O) groups is 2. The van der Waals surface area contributed by atoms with Crippen LogP contribution in [0, 0.1) is 0 Å². The summed E-state index contributed by atoms with van der Waals surface area (Å²) >= 11 is 0. The number of hydrogen-bond donors (Lipinski definition) is 0. The summed E-state index contributed by atoms with van der Waals surface area (Å²) in [6.45, 7) is -0.446. The maximum atomic E-state index is 12.2. The van der Waals surface area contributed by atoms with Gasteiger partial charge in [0.15, 0.2) is 18.0 Å². The second kappa shape index (κ2) is 8.27. The molecular weight excluding hydrogens is 396 g/mol. The lowest BCUT2D eigenvalue weighted by molar-refractivity contribution is -0.136. The van der Waals surface area contributed by atoms with E-state index >= 15 is 0 Å². The Morgan fingerprint density at radius 1 is 1.14 bits per heavy atom. The van der Waals surface area contributed by atoms with Crippen LogP contribution < -0.4 is 4.31 Å². The Morgan fingerprint density at radius 3 is 2.48 bits per heavy atom. The van der Waals surface area contributed by atoms with Gasteiger partial charge in [-0.15, -0.1) is 0 Å². The molecule has 9 heteroatoms. The van der Waals surface area contributed by atoms with Gasteiger partial charge in [-0.25, -0.2) is 18.2 Å². The van der Waals surface area contributed by atoms with Crippen molar-refractivity contribution in [2.75, 3.05) is 24.2 Å². The van der Waals surface area contributed by atoms with Crippen molar-refractivity contribution in [3.05, 3.63) is 66.1 Å². The highest BCUT2D eigenvalue weighted by molar-refractivity contribution is 7.92. The first-order chi connectivity index (χ1) is 13.7. The highest BCUT2D eigenvalue weighted by Crippen LogP contribution is 2.17. The van der Waals surface area contributed by atoms with Crippen molar-refractivity contribution in [3.63, 3.8) is 0 Å². The minimum Gasteiger partial charge on any atom is -0.454 e. The monoisotopic (exact) mass is 414 g/mol. The molecule has 2 aromatic carbocycles. The van der Waals surface area contributed by atoms with E-state index in [1.54, 1.807) is 12.1 Å². The molecule has 150 valence electrons. The van der Waals surface area contributed by atoms with Gasteiger partial charge in [0.2, 0.25) is 15.9 Å². The molecule has 0 aliphatic heterocycles. The minimum atomic E-state index is -3.39. The fourth-order valence-electron chi connectivity index (χ4n) is 2.42. The third-order valence-electron chi connectivity index (χ3n) is 4.07. The molecule has 8 nitrogen and oxygen atoms in total. The van der Waals surface area contributed by atoms with Gasteiger partial charge in [0.25, 0.3) is 0 Å². The zero-order valence-electron chi connectivity index (χ0n) is 15.7. The third kappa shape index (κ3) is 5.08. The van der Waals surface area contributed by atoms with Gasteiger partial charge in [-0.05, 0) is 36.4 Å². The average Bonchev–Trinajstić information content (AvgIpc) is 3.12.